The van der Waals surface area contributed by atoms with Gasteiger partial charge < -0.3 is 0 Å². The topological polar surface area (TPSA) is 142 Å². The van der Waals surface area contributed by atoms with E-state index in [1.807, 2.05) is 0 Å². The van der Waals surface area contributed by atoms with Crippen molar-refractivity contribution in [3.05, 3.63) is 81.1 Å². The van der Waals surface area contributed by atoms with E-state index in [0.717, 1.165) is 0 Å². The molecule has 0 fully saturated rings. The molecule has 3 rings (SSSR count). The molecule has 138 valence electrons. The molecule has 1 aromatic carbocycles. The highest BCUT2D eigenvalue weighted by atomic mass is 32.2. The number of allylic oxidation sites excluding steroid dienone is 7. The second-order valence-electron chi connectivity index (χ2n) is 5.72. The van der Waals surface area contributed by atoms with Gasteiger partial charge in [0.05, 0.1) is 15.5 Å². The van der Waals surface area contributed by atoms with Gasteiger partial charge in [-0.05, 0) is 36.8 Å². The lowest BCUT2D eigenvalue weighted by Gasteiger charge is -2.16. The standard InChI is InChI=1S/C17H13N3O6S/c1-10-2-4-12(9-15(10)20(22)23)18-19-17-14-6-5-13(27(24,25)26)8-11(14)3-7-16(17)21/h2-9H,1H3,(H2,24,25,26). The van der Waals surface area contributed by atoms with E-state index in [9.17, 15) is 28.2 Å². The average molecular weight is 387 g/mol. The Morgan fingerprint density at radius 2 is 1.85 bits per heavy atom. The number of ketones is 1. The number of carbonyl (C=O) groups excluding carboxylic acids is 1. The van der Waals surface area contributed by atoms with Crippen molar-refractivity contribution in [2.75, 3.05) is 0 Å². The van der Waals surface area contributed by atoms with E-state index in [1.165, 1.54) is 48.6 Å². The van der Waals surface area contributed by atoms with Gasteiger partial charge in [0, 0.05) is 17.2 Å². The quantitative estimate of drug-likeness (QED) is 0.353. The molecule has 27 heavy (non-hydrogen) atoms. The first kappa shape index (κ1) is 18.6. The van der Waals surface area contributed by atoms with Crippen LogP contribution in [0.4, 0.5) is 11.4 Å². The van der Waals surface area contributed by atoms with Crippen LogP contribution < -0.4 is 0 Å². The van der Waals surface area contributed by atoms with Gasteiger partial charge in [0.15, 0.2) is 0 Å². The van der Waals surface area contributed by atoms with Gasteiger partial charge in [-0.25, -0.2) is 4.21 Å². The molecule has 0 bridgehead atoms. The van der Waals surface area contributed by atoms with Gasteiger partial charge in [-0.3, -0.25) is 24.0 Å². The van der Waals surface area contributed by atoms with Crippen molar-refractivity contribution in [1.29, 1.82) is 0 Å². The van der Waals surface area contributed by atoms with Crippen molar-refractivity contribution in [3.8, 4) is 0 Å². The van der Waals surface area contributed by atoms with E-state index < -0.39 is 20.8 Å². The third kappa shape index (κ3) is 3.82. The Kier molecular flexibility index (Phi) is 4.70. The number of fused-ring (bicyclic) bond motifs is 1. The molecule has 0 spiro atoms. The lowest BCUT2D eigenvalue weighted by Crippen LogP contribution is -2.14. The summed E-state index contributed by atoms with van der Waals surface area (Å²) in [6, 6.07) is 4.31. The normalized spacial score (nSPS) is 16.8. The maximum atomic E-state index is 12.1. The molecule has 0 heterocycles. The molecule has 0 saturated carbocycles. The number of hydrogen-bond acceptors (Lipinski definition) is 6. The van der Waals surface area contributed by atoms with E-state index in [1.54, 1.807) is 6.92 Å². The second kappa shape index (κ2) is 6.83. The number of nitrogens with zero attached hydrogens (tertiary/aromatic N) is 3. The molecule has 0 saturated heterocycles. The fraction of sp³-hybridized carbons (Fsp3) is 0.0588. The van der Waals surface area contributed by atoms with Crippen LogP contribution in [0.5, 0.6) is 0 Å². The summed E-state index contributed by atoms with van der Waals surface area (Å²) in [5.41, 5.74) is 1.31. The molecule has 0 unspecified atom stereocenters. The van der Waals surface area contributed by atoms with E-state index in [0.29, 0.717) is 16.7 Å². The Morgan fingerprint density at radius 3 is 2.52 bits per heavy atom. The number of nitro benzene ring substituents is 1. The first-order valence-corrected chi connectivity index (χ1v) is 9.03. The zero-order chi connectivity index (χ0) is 19.8. The number of benzene rings is 1. The van der Waals surface area contributed by atoms with E-state index >= 15 is 0 Å². The fourth-order valence-electron chi connectivity index (χ4n) is 2.50. The predicted octanol–water partition coefficient (Wildman–Crippen LogP) is 3.28. The lowest BCUT2D eigenvalue weighted by molar-refractivity contribution is -0.385. The highest BCUT2D eigenvalue weighted by Gasteiger charge is 2.22. The van der Waals surface area contributed by atoms with E-state index in [4.69, 9.17) is 0 Å². The predicted molar refractivity (Wildman–Crippen MR) is 99.2 cm³/mol. The minimum atomic E-state index is -4.14. The number of aryl methyl sites for hydroxylation is 1. The zero-order valence-electron chi connectivity index (χ0n) is 13.9. The second-order valence-corrected chi connectivity index (χ2v) is 7.18. The molecule has 2 aliphatic rings. The van der Waals surface area contributed by atoms with Gasteiger partial charge in [0.25, 0.3) is 5.69 Å². The van der Waals surface area contributed by atoms with E-state index in [-0.39, 0.29) is 21.9 Å². The summed E-state index contributed by atoms with van der Waals surface area (Å²) in [5, 5.41) is 18.8. The van der Waals surface area contributed by atoms with Crippen LogP contribution in [0.3, 0.4) is 0 Å². The number of carbonyl (C=O) groups is 1. The number of azo groups is 1. The van der Waals surface area contributed by atoms with Gasteiger partial charge in [0.2, 0.25) is 15.9 Å². The van der Waals surface area contributed by atoms with Crippen LogP contribution in [-0.2, 0) is 14.9 Å². The highest BCUT2D eigenvalue weighted by Crippen LogP contribution is 2.30. The summed E-state index contributed by atoms with van der Waals surface area (Å²) >= 11 is 0. The monoisotopic (exact) mass is 387 g/mol. The van der Waals surface area contributed by atoms with Crippen molar-refractivity contribution in [2.24, 2.45) is 10.2 Å². The Balaban J connectivity index is 2.03. The largest absolute Gasteiger partial charge is 0.293 e. The van der Waals surface area contributed by atoms with Crippen LogP contribution in [0, 0.1) is 17.0 Å². The van der Waals surface area contributed by atoms with Crippen molar-refractivity contribution in [3.63, 3.8) is 0 Å². The van der Waals surface area contributed by atoms with Crippen molar-refractivity contribution in [1.82, 2.24) is 0 Å². The maximum Gasteiger partial charge on any atom is 0.274 e. The van der Waals surface area contributed by atoms with Crippen LogP contribution in [0.2, 0.25) is 0 Å². The number of rotatable bonds is 3. The summed E-state index contributed by atoms with van der Waals surface area (Å²) in [6.07, 6.45) is 6.51. The minimum Gasteiger partial charge on any atom is -0.293 e. The molecule has 0 amide bonds. The maximum absolute atomic E-state index is 12.1. The van der Waals surface area contributed by atoms with Gasteiger partial charge in [-0.15, -0.1) is 5.11 Å². The van der Waals surface area contributed by atoms with Crippen molar-refractivity contribution < 1.29 is 23.0 Å². The summed E-state index contributed by atoms with van der Waals surface area (Å²) in [6.45, 7) is 1.59. The molecule has 2 N–H and O–H groups in total. The molecule has 0 radical (unpaired) electrons. The van der Waals surface area contributed by atoms with Gasteiger partial charge in [-0.2, -0.15) is 5.11 Å². The molecule has 1 aromatic rings. The SMILES string of the molecule is Cc1ccc(N=NC2=C3C=CC(=S(=O)(O)O)C=C3C=CC2=O)cc1[N+](=O)[O-]. The Labute approximate surface area is 153 Å². The van der Waals surface area contributed by atoms with Crippen LogP contribution in [0.15, 0.2) is 75.7 Å². The van der Waals surface area contributed by atoms with Crippen molar-refractivity contribution in [2.45, 2.75) is 6.92 Å². The van der Waals surface area contributed by atoms with E-state index in [2.05, 4.69) is 10.2 Å². The average Bonchev–Trinajstić information content (AvgIpc) is 2.60. The van der Waals surface area contributed by atoms with Gasteiger partial charge in [-0.1, -0.05) is 18.2 Å². The summed E-state index contributed by atoms with van der Waals surface area (Å²) in [7, 11) is -4.14. The van der Waals surface area contributed by atoms with Gasteiger partial charge >= 0.3 is 0 Å². The molecular weight excluding hydrogens is 374 g/mol. The third-order valence-electron chi connectivity index (χ3n) is 3.89. The zero-order valence-corrected chi connectivity index (χ0v) is 14.7. The molecule has 9 nitrogen and oxygen atoms in total. The molecule has 0 aliphatic heterocycles. The summed E-state index contributed by atoms with van der Waals surface area (Å²) < 4.78 is 29.8. The number of nitro groups is 1. The highest BCUT2D eigenvalue weighted by molar-refractivity contribution is 7.92. The minimum absolute atomic E-state index is 0.0235. The molecule has 0 aromatic heterocycles. The Hall–Kier alpha value is -3.21. The smallest absolute Gasteiger partial charge is 0.274 e. The van der Waals surface area contributed by atoms with Crippen LogP contribution in [0.25, 0.3) is 0 Å². The molecular formula is C17H13N3O6S. The Morgan fingerprint density at radius 1 is 1.11 bits per heavy atom. The molecule has 2 aliphatic carbocycles. The van der Waals surface area contributed by atoms with Crippen LogP contribution in [-0.4, -0.2) is 28.9 Å². The van der Waals surface area contributed by atoms with Crippen LogP contribution >= 0.6 is 0 Å². The van der Waals surface area contributed by atoms with Crippen molar-refractivity contribution >= 4 is 32.1 Å². The lowest BCUT2D eigenvalue weighted by atomic mass is 9.92. The first-order chi connectivity index (χ1) is 12.7. The van der Waals surface area contributed by atoms with Gasteiger partial charge in [0.1, 0.15) is 5.70 Å². The first-order valence-electron chi connectivity index (χ1n) is 7.56. The number of hydrogen-bond donors (Lipinski definition) is 2. The molecule has 0 atom stereocenters. The molecule has 10 heteroatoms. The fourth-order valence-corrected chi connectivity index (χ4v) is 3.03. The Bertz CT molecular complexity index is 1140. The summed E-state index contributed by atoms with van der Waals surface area (Å²) in [5.74, 6) is -0.436. The summed E-state index contributed by atoms with van der Waals surface area (Å²) in [4.78, 5) is 22.4. The third-order valence-corrected chi connectivity index (χ3v) is 4.76. The van der Waals surface area contributed by atoms with Crippen LogP contribution in [0.1, 0.15) is 5.56 Å².